The first-order valence-electron chi connectivity index (χ1n) is 5.57. The van der Waals surface area contributed by atoms with E-state index in [2.05, 4.69) is 5.32 Å². The summed E-state index contributed by atoms with van der Waals surface area (Å²) in [5.74, 6) is 0. The van der Waals surface area contributed by atoms with Crippen LogP contribution in [0.4, 0.5) is 5.69 Å². The number of rotatable bonds is 4. The topological polar surface area (TPSA) is 72.2 Å². The second-order valence-corrected chi connectivity index (χ2v) is 4.33. The smallest absolute Gasteiger partial charge is 0.153 e. The van der Waals surface area contributed by atoms with Crippen molar-refractivity contribution < 1.29 is 9.59 Å². The molecule has 92 valence electrons. The molecule has 4 nitrogen and oxygen atoms in total. The lowest BCUT2D eigenvalue weighted by Gasteiger charge is -2.29. The molecule has 0 aromatic heterocycles. The summed E-state index contributed by atoms with van der Waals surface area (Å²) in [6, 6.07) is 9.35. The van der Waals surface area contributed by atoms with Crippen LogP contribution in [0, 0.1) is 0 Å². The van der Waals surface area contributed by atoms with E-state index in [-0.39, 0.29) is 0 Å². The van der Waals surface area contributed by atoms with Crippen LogP contribution in [0.1, 0.15) is 0 Å². The number of nitrogens with two attached hydrogens (primary N) is 1. The summed E-state index contributed by atoms with van der Waals surface area (Å²) in [5, 5.41) is 3.09. The Morgan fingerprint density at radius 1 is 0.944 bits per heavy atom. The lowest BCUT2D eigenvalue weighted by molar-refractivity contribution is -0.111. The van der Waals surface area contributed by atoms with Crippen LogP contribution >= 0.6 is 0 Å². The highest BCUT2D eigenvalue weighted by Gasteiger charge is 2.30. The van der Waals surface area contributed by atoms with Crippen molar-refractivity contribution in [3.8, 4) is 0 Å². The third-order valence-corrected chi connectivity index (χ3v) is 2.83. The van der Waals surface area contributed by atoms with Crippen LogP contribution < -0.4 is 11.1 Å². The largest absolute Gasteiger partial charge is 0.367 e. The zero-order valence-electron chi connectivity index (χ0n) is 9.74. The summed E-state index contributed by atoms with van der Waals surface area (Å²) in [6.45, 7) is 0. The van der Waals surface area contributed by atoms with Crippen LogP contribution in [0.25, 0.3) is 0 Å². The number of para-hydroxylation sites is 1. The fraction of sp³-hybridized carbons (Fsp3) is 0.143. The van der Waals surface area contributed by atoms with E-state index < -0.39 is 11.1 Å². The number of carbonyl (C=O) groups excluding carboxylic acids is 2. The summed E-state index contributed by atoms with van der Waals surface area (Å²) >= 11 is 0. The lowest BCUT2D eigenvalue weighted by atomic mass is 9.87. The van der Waals surface area contributed by atoms with E-state index in [4.69, 9.17) is 5.73 Å². The van der Waals surface area contributed by atoms with Gasteiger partial charge in [-0.15, -0.1) is 0 Å². The normalized spacial score (nSPS) is 29.8. The quantitative estimate of drug-likeness (QED) is 0.611. The number of hydrogen-bond donors (Lipinski definition) is 2. The Balaban J connectivity index is 2.25. The number of aldehydes is 2. The fourth-order valence-corrected chi connectivity index (χ4v) is 1.72. The molecule has 3 N–H and O–H groups in total. The minimum absolute atomic E-state index is 0.636. The van der Waals surface area contributed by atoms with Gasteiger partial charge in [0.25, 0.3) is 0 Å². The van der Waals surface area contributed by atoms with Crippen LogP contribution in [-0.2, 0) is 9.59 Å². The molecular formula is C14H14N2O2. The van der Waals surface area contributed by atoms with Gasteiger partial charge in [-0.1, -0.05) is 30.4 Å². The van der Waals surface area contributed by atoms with Crippen molar-refractivity contribution in [2.45, 2.75) is 11.1 Å². The van der Waals surface area contributed by atoms with E-state index in [9.17, 15) is 9.59 Å². The van der Waals surface area contributed by atoms with Gasteiger partial charge in [0.1, 0.15) is 17.4 Å². The van der Waals surface area contributed by atoms with Crippen LogP contribution in [0.15, 0.2) is 54.6 Å². The predicted octanol–water partition coefficient (Wildman–Crippen LogP) is 1.06. The summed E-state index contributed by atoms with van der Waals surface area (Å²) in [4.78, 5) is 22.1. The van der Waals surface area contributed by atoms with E-state index in [1.165, 1.54) is 12.2 Å². The van der Waals surface area contributed by atoms with Crippen molar-refractivity contribution in [2.75, 3.05) is 5.32 Å². The van der Waals surface area contributed by atoms with E-state index in [0.717, 1.165) is 12.0 Å². The van der Waals surface area contributed by atoms with Crippen molar-refractivity contribution in [1.29, 1.82) is 0 Å². The van der Waals surface area contributed by atoms with Gasteiger partial charge in [0.15, 0.2) is 6.29 Å². The van der Waals surface area contributed by atoms with Crippen molar-refractivity contribution >= 4 is 18.3 Å². The van der Waals surface area contributed by atoms with Gasteiger partial charge in [-0.3, -0.25) is 4.79 Å². The molecule has 0 fully saturated rings. The average molecular weight is 242 g/mol. The average Bonchev–Trinajstić information content (AvgIpc) is 2.43. The molecule has 2 rings (SSSR count). The zero-order valence-corrected chi connectivity index (χ0v) is 9.74. The first kappa shape index (κ1) is 12.3. The number of benzene rings is 1. The Kier molecular flexibility index (Phi) is 3.12. The summed E-state index contributed by atoms with van der Waals surface area (Å²) in [5.41, 5.74) is 4.49. The maximum absolute atomic E-state index is 11.3. The van der Waals surface area contributed by atoms with Gasteiger partial charge in [-0.05, 0) is 24.3 Å². The molecule has 1 aromatic carbocycles. The molecule has 1 aliphatic carbocycles. The molecule has 18 heavy (non-hydrogen) atoms. The molecule has 4 heteroatoms. The number of anilines is 1. The van der Waals surface area contributed by atoms with E-state index >= 15 is 0 Å². The molecule has 0 radical (unpaired) electrons. The molecule has 0 saturated heterocycles. The van der Waals surface area contributed by atoms with Gasteiger partial charge in [-0.25, -0.2) is 0 Å². The van der Waals surface area contributed by atoms with Crippen molar-refractivity contribution in [3.05, 3.63) is 54.6 Å². The third kappa shape index (κ3) is 2.38. The summed E-state index contributed by atoms with van der Waals surface area (Å²) in [7, 11) is 0. The van der Waals surface area contributed by atoms with Gasteiger partial charge in [0.05, 0.1) is 0 Å². The van der Waals surface area contributed by atoms with Crippen LogP contribution in [-0.4, -0.2) is 23.7 Å². The predicted molar refractivity (Wildman–Crippen MR) is 70.1 cm³/mol. The summed E-state index contributed by atoms with van der Waals surface area (Å²) in [6.07, 6.45) is 7.64. The monoisotopic (exact) mass is 242 g/mol. The van der Waals surface area contributed by atoms with Crippen LogP contribution in [0.5, 0.6) is 0 Å². The first-order valence-corrected chi connectivity index (χ1v) is 5.57. The molecule has 0 unspecified atom stereocenters. The standard InChI is InChI=1S/C14H14N2O2/c15-13(10-17)6-8-14(11-18,9-7-13)16-12-4-2-1-3-5-12/h1-11,16H,15H2. The van der Waals surface area contributed by atoms with Gasteiger partial charge < -0.3 is 15.8 Å². The van der Waals surface area contributed by atoms with Crippen LogP contribution in [0.2, 0.25) is 0 Å². The molecular weight excluding hydrogens is 228 g/mol. The van der Waals surface area contributed by atoms with Gasteiger partial charge in [0.2, 0.25) is 0 Å². The van der Waals surface area contributed by atoms with E-state index in [1.807, 2.05) is 30.3 Å². The van der Waals surface area contributed by atoms with Crippen molar-refractivity contribution in [2.24, 2.45) is 5.73 Å². The van der Waals surface area contributed by atoms with E-state index in [1.54, 1.807) is 12.2 Å². The van der Waals surface area contributed by atoms with Crippen molar-refractivity contribution in [3.63, 3.8) is 0 Å². The van der Waals surface area contributed by atoms with Crippen molar-refractivity contribution in [1.82, 2.24) is 0 Å². The highest BCUT2D eigenvalue weighted by molar-refractivity contribution is 5.82. The SMILES string of the molecule is NC1(C=O)C=CC(C=O)(Nc2ccccc2)C=C1. The Bertz CT molecular complexity index is 492. The minimum atomic E-state index is -1.12. The van der Waals surface area contributed by atoms with E-state index in [0.29, 0.717) is 6.29 Å². The Morgan fingerprint density at radius 3 is 2.06 bits per heavy atom. The Labute approximate surface area is 105 Å². The molecule has 1 aliphatic rings. The first-order chi connectivity index (χ1) is 8.61. The van der Waals surface area contributed by atoms with Gasteiger partial charge >= 0.3 is 0 Å². The number of hydrogen-bond acceptors (Lipinski definition) is 4. The number of nitrogens with one attached hydrogen (secondary N) is 1. The highest BCUT2D eigenvalue weighted by atomic mass is 16.1. The second kappa shape index (κ2) is 4.58. The lowest BCUT2D eigenvalue weighted by Crippen LogP contribution is -2.45. The minimum Gasteiger partial charge on any atom is -0.367 e. The molecule has 0 heterocycles. The molecule has 1 aromatic rings. The van der Waals surface area contributed by atoms with Gasteiger partial charge in [0, 0.05) is 5.69 Å². The second-order valence-electron chi connectivity index (χ2n) is 4.33. The fourth-order valence-electron chi connectivity index (χ4n) is 1.72. The molecule has 0 amide bonds. The summed E-state index contributed by atoms with van der Waals surface area (Å²) < 4.78 is 0. The maximum Gasteiger partial charge on any atom is 0.153 e. The zero-order chi connectivity index (χ0) is 13.1. The molecule has 0 spiro atoms. The third-order valence-electron chi connectivity index (χ3n) is 2.83. The Hall–Kier alpha value is -2.20. The number of carbonyl (C=O) groups is 2. The van der Waals surface area contributed by atoms with Gasteiger partial charge in [-0.2, -0.15) is 0 Å². The maximum atomic E-state index is 11.3. The molecule has 0 aliphatic heterocycles. The Morgan fingerprint density at radius 2 is 1.56 bits per heavy atom. The van der Waals surface area contributed by atoms with Crippen LogP contribution in [0.3, 0.4) is 0 Å². The molecule has 0 saturated carbocycles. The molecule has 0 atom stereocenters. The molecule has 0 bridgehead atoms. The highest BCUT2D eigenvalue weighted by Crippen LogP contribution is 2.22.